The highest BCUT2D eigenvalue weighted by Crippen LogP contribution is 2.38. The number of pyridine rings is 1. The molecule has 1 aromatic heterocycles. The summed E-state index contributed by atoms with van der Waals surface area (Å²) < 4.78 is 0. The Morgan fingerprint density at radius 2 is 1.71 bits per heavy atom. The fourth-order valence-corrected chi connectivity index (χ4v) is 6.93. The molecule has 5 nitrogen and oxygen atoms in total. The molecule has 1 aliphatic heterocycles. The maximum absolute atomic E-state index is 9.23. The third-order valence-electron chi connectivity index (χ3n) is 10.0. The fourth-order valence-electron chi connectivity index (χ4n) is 6.93. The minimum Gasteiger partial charge on any atom is -0.340 e. The van der Waals surface area contributed by atoms with E-state index in [1.807, 2.05) is 7.05 Å². The van der Waals surface area contributed by atoms with Gasteiger partial charge in [0, 0.05) is 43.1 Å². The van der Waals surface area contributed by atoms with Crippen LogP contribution in [0.1, 0.15) is 161 Å². The minimum absolute atomic E-state index is 0.531. The number of allylic oxidation sites excluding steroid dienone is 2. The van der Waals surface area contributed by atoms with Gasteiger partial charge < -0.3 is 10.2 Å². The van der Waals surface area contributed by atoms with Crippen molar-refractivity contribution in [2.45, 2.75) is 158 Å². The van der Waals surface area contributed by atoms with Crippen molar-refractivity contribution >= 4 is 17.8 Å². The molecule has 0 bridgehead atoms. The molecule has 0 aromatic carbocycles. The zero-order chi connectivity index (χ0) is 36.6. The first-order valence-corrected chi connectivity index (χ1v) is 19.8. The van der Waals surface area contributed by atoms with Gasteiger partial charge in [-0.2, -0.15) is 0 Å². The van der Waals surface area contributed by atoms with Gasteiger partial charge in [-0.05, 0) is 119 Å². The molecule has 0 radical (unpaired) electrons. The van der Waals surface area contributed by atoms with E-state index in [4.69, 9.17) is 9.98 Å². The zero-order valence-electron chi connectivity index (χ0n) is 33.5. The second-order valence-electron chi connectivity index (χ2n) is 14.6. The second-order valence-corrected chi connectivity index (χ2v) is 14.6. The topological polar surface area (TPSA) is 57.6 Å². The molecule has 1 saturated carbocycles. The number of aliphatic imine (C=N–C) groups is 1. The summed E-state index contributed by atoms with van der Waals surface area (Å²) >= 11 is 0. The molecule has 49 heavy (non-hydrogen) atoms. The molecule has 0 spiro atoms. The first-order valence-electron chi connectivity index (χ1n) is 19.8. The number of aromatic nitrogens is 1. The Morgan fingerprint density at radius 1 is 1.04 bits per heavy atom. The highest BCUT2D eigenvalue weighted by molar-refractivity contribution is 6.09. The van der Waals surface area contributed by atoms with Crippen molar-refractivity contribution in [2.75, 3.05) is 32.5 Å². The summed E-state index contributed by atoms with van der Waals surface area (Å²) in [7, 11) is 4.10. The largest absolute Gasteiger partial charge is 0.340 e. The normalized spacial score (nSPS) is 16.3. The number of amidine groups is 1. The van der Waals surface area contributed by atoms with Gasteiger partial charge in [0.2, 0.25) is 0 Å². The summed E-state index contributed by atoms with van der Waals surface area (Å²) in [6.45, 7) is 24.4. The van der Waals surface area contributed by atoms with Gasteiger partial charge >= 0.3 is 0 Å². The lowest BCUT2D eigenvalue weighted by Crippen LogP contribution is -2.41. The number of likely N-dealkylation sites (tertiary alicyclic amines) is 1. The molecule has 2 fully saturated rings. The molecule has 2 aliphatic rings. The summed E-state index contributed by atoms with van der Waals surface area (Å²) in [6, 6.07) is 2.33. The van der Waals surface area contributed by atoms with Crippen molar-refractivity contribution < 1.29 is 4.79 Å². The zero-order valence-corrected chi connectivity index (χ0v) is 33.5. The molecule has 2 unspecified atom stereocenters. The molecular formula is C44H74N4O. The molecule has 1 aromatic rings. The van der Waals surface area contributed by atoms with E-state index < -0.39 is 0 Å². The van der Waals surface area contributed by atoms with Gasteiger partial charge in [0.1, 0.15) is 5.84 Å². The molecule has 1 N–H and O–H groups in total. The average molecular weight is 675 g/mol. The number of carbonyl (C=O) groups is 1. The van der Waals surface area contributed by atoms with E-state index in [0.717, 1.165) is 29.8 Å². The number of rotatable bonds is 19. The summed E-state index contributed by atoms with van der Waals surface area (Å²) in [5.74, 6) is 8.64. The van der Waals surface area contributed by atoms with E-state index in [1.54, 1.807) is 6.92 Å². The van der Waals surface area contributed by atoms with Crippen LogP contribution in [0.3, 0.4) is 0 Å². The summed E-state index contributed by atoms with van der Waals surface area (Å²) in [4.78, 5) is 21.5. The smallest absolute Gasteiger partial charge is 0.192 e. The highest BCUT2D eigenvalue weighted by Gasteiger charge is 2.25. The van der Waals surface area contributed by atoms with Crippen LogP contribution in [0.4, 0.5) is 5.69 Å². The monoisotopic (exact) mass is 675 g/mol. The number of unbranched alkanes of at least 4 members (excludes halogenated alkanes) is 3. The van der Waals surface area contributed by atoms with Gasteiger partial charge in [-0.3, -0.25) is 14.8 Å². The minimum atomic E-state index is 0.531. The maximum atomic E-state index is 9.23. The summed E-state index contributed by atoms with van der Waals surface area (Å²) in [5.41, 5.74) is 7.59. The second kappa shape index (κ2) is 26.1. The summed E-state index contributed by atoms with van der Waals surface area (Å²) in [6.07, 6.45) is 21.5. The number of hydrogen-bond acceptors (Lipinski definition) is 4. The van der Waals surface area contributed by atoms with Crippen molar-refractivity contribution in [1.29, 1.82) is 0 Å². The first-order chi connectivity index (χ1) is 23.6. The predicted molar refractivity (Wildman–Crippen MR) is 216 cm³/mol. The van der Waals surface area contributed by atoms with E-state index in [1.165, 1.54) is 131 Å². The average Bonchev–Trinajstić information content (AvgIpc) is 3.91. The van der Waals surface area contributed by atoms with Crippen LogP contribution < -0.4 is 5.32 Å². The van der Waals surface area contributed by atoms with Crippen molar-refractivity contribution in [1.82, 2.24) is 9.88 Å². The molecule has 276 valence electrons. The van der Waals surface area contributed by atoms with Crippen molar-refractivity contribution in [3.63, 3.8) is 0 Å². The third-order valence-corrected chi connectivity index (χ3v) is 10.0. The molecule has 2 atom stereocenters. The quantitative estimate of drug-likeness (QED) is 0.0396. The van der Waals surface area contributed by atoms with E-state index in [9.17, 15) is 4.79 Å². The Morgan fingerprint density at radius 3 is 2.16 bits per heavy atom. The Hall–Kier alpha value is -2.71. The molecular weight excluding hydrogens is 601 g/mol. The van der Waals surface area contributed by atoms with Crippen LogP contribution >= 0.6 is 0 Å². The van der Waals surface area contributed by atoms with E-state index in [0.29, 0.717) is 18.1 Å². The van der Waals surface area contributed by atoms with Crippen LogP contribution in [-0.2, 0) is 4.79 Å². The Balaban J connectivity index is 0.000000925. The number of carbonyl (C=O) groups excluding carboxylic acids is 1. The number of nitrogens with zero attached hydrogens (tertiary/aromatic N) is 3. The molecule has 1 aliphatic carbocycles. The predicted octanol–water partition coefficient (Wildman–Crippen LogP) is 11.7. The van der Waals surface area contributed by atoms with Crippen molar-refractivity contribution in [2.24, 2.45) is 22.7 Å². The molecule has 1 saturated heterocycles. The lowest BCUT2D eigenvalue weighted by Gasteiger charge is -2.33. The SMILES string of the molecule is C=C/C(=C(/CCCC)C(=NC)Nc1cc(C(CCC)CCCCC)nc(C)c1C)C(CCC)CCC1CC1.CC#CC=O.CC1CN(C)C1. The number of nitrogens with one attached hydrogen (secondary N) is 1. The van der Waals surface area contributed by atoms with Crippen molar-refractivity contribution in [3.05, 3.63) is 46.8 Å². The standard InChI is InChI=1S/C35H59N3.C5H11N.C4H4O/c1-9-14-16-19-30(18-12-4)34-25-33(26(6)27(7)37-34)38-35(36-8)32(20-15-10-2)31(13-5)29(17-11-3)24-23-28-21-22-28;1-5-3-6(2)4-5;1-2-3-4-5/h13,25,28-30H,5,9-12,14-24H2,1-4,6-8H3,(H,36,37,38);5H,3-4H2,1-2H3;4H,1H3/b32-31+;;. The third kappa shape index (κ3) is 17.2. The number of aryl methyl sites for hydroxylation is 1. The first kappa shape index (κ1) is 44.3. The highest BCUT2D eigenvalue weighted by atomic mass is 16.1. The molecule has 5 heteroatoms. The van der Waals surface area contributed by atoms with Crippen LogP contribution in [0.5, 0.6) is 0 Å². The van der Waals surface area contributed by atoms with Gasteiger partial charge in [-0.25, -0.2) is 0 Å². The van der Waals surface area contributed by atoms with Crippen LogP contribution in [0.15, 0.2) is 34.9 Å². The van der Waals surface area contributed by atoms with E-state index >= 15 is 0 Å². The van der Waals surface area contributed by atoms with Crippen LogP contribution in [0.25, 0.3) is 0 Å². The van der Waals surface area contributed by atoms with Crippen LogP contribution in [-0.4, -0.2) is 49.2 Å². The molecule has 0 amide bonds. The lowest BCUT2D eigenvalue weighted by molar-refractivity contribution is -0.103. The molecule has 2 heterocycles. The fraction of sp³-hybridized carbons (Fsp3) is 0.705. The van der Waals surface area contributed by atoms with Crippen LogP contribution in [0.2, 0.25) is 0 Å². The number of anilines is 1. The summed E-state index contributed by atoms with van der Waals surface area (Å²) in [5, 5.41) is 3.84. The van der Waals surface area contributed by atoms with Gasteiger partial charge in [-0.1, -0.05) is 105 Å². The molecule has 3 rings (SSSR count). The van der Waals surface area contributed by atoms with Gasteiger partial charge in [0.15, 0.2) is 6.29 Å². The van der Waals surface area contributed by atoms with Crippen LogP contribution in [0, 0.1) is 43.4 Å². The number of aldehydes is 1. The Labute approximate surface area is 303 Å². The van der Waals surface area contributed by atoms with Gasteiger partial charge in [-0.15, -0.1) is 0 Å². The van der Waals surface area contributed by atoms with Gasteiger partial charge in [0.25, 0.3) is 0 Å². The van der Waals surface area contributed by atoms with Gasteiger partial charge in [0.05, 0.1) is 0 Å². The number of hydrogen-bond donors (Lipinski definition) is 1. The maximum Gasteiger partial charge on any atom is 0.192 e. The Kier molecular flexibility index (Phi) is 23.6. The van der Waals surface area contributed by atoms with E-state index in [2.05, 4.69) is 96.3 Å². The van der Waals surface area contributed by atoms with E-state index in [-0.39, 0.29) is 0 Å². The van der Waals surface area contributed by atoms with Crippen molar-refractivity contribution in [3.8, 4) is 11.8 Å². The Bertz CT molecular complexity index is 1200. The lowest BCUT2D eigenvalue weighted by atomic mass is 9.84.